The van der Waals surface area contributed by atoms with Crippen molar-refractivity contribution in [3.63, 3.8) is 0 Å². The topological polar surface area (TPSA) is 32.3 Å². The molecule has 0 aliphatic carbocycles. The highest BCUT2D eigenvalue weighted by Crippen LogP contribution is 2.52. The number of hydrogen-bond acceptors (Lipinski definition) is 4. The summed E-state index contributed by atoms with van der Waals surface area (Å²) in [6.07, 6.45) is 7.64. The summed E-state index contributed by atoms with van der Waals surface area (Å²) in [5.41, 5.74) is 24.4. The fourth-order valence-electron chi connectivity index (χ4n) is 13.4. The summed E-state index contributed by atoms with van der Waals surface area (Å²) in [6.45, 7) is 0. The van der Waals surface area contributed by atoms with Crippen LogP contribution in [0.2, 0.25) is 0 Å². The molecule has 0 aliphatic rings. The normalized spacial score (nSPS) is 11.3. The van der Waals surface area contributed by atoms with E-state index < -0.39 is 0 Å². The molecule has 4 heteroatoms. The molecule has 2 aromatic heterocycles. The van der Waals surface area contributed by atoms with E-state index in [1.807, 2.05) is 36.9 Å². The second kappa shape index (κ2) is 23.4. The van der Waals surface area contributed by atoms with Gasteiger partial charge in [0.2, 0.25) is 0 Å². The molecule has 0 radical (unpaired) electrons. The lowest BCUT2D eigenvalue weighted by atomic mass is 9.87. The van der Waals surface area contributed by atoms with Crippen molar-refractivity contribution in [2.75, 3.05) is 9.80 Å². The smallest absolute Gasteiger partial charge is 0.0645 e. The minimum absolute atomic E-state index is 0.967. The van der Waals surface area contributed by atoms with Gasteiger partial charge in [0.15, 0.2) is 0 Å². The number of aromatic nitrogens is 2. The summed E-state index contributed by atoms with van der Waals surface area (Å²) < 4.78 is 0. The molecule has 0 fully saturated rings. The van der Waals surface area contributed by atoms with Gasteiger partial charge in [-0.1, -0.05) is 255 Å². The lowest BCUT2D eigenvalue weighted by molar-refractivity contribution is 1.23. The lowest BCUT2D eigenvalue weighted by Gasteiger charge is -2.31. The van der Waals surface area contributed by atoms with Gasteiger partial charge in [-0.3, -0.25) is 9.97 Å². The predicted molar refractivity (Wildman–Crippen MR) is 379 cm³/mol. The Morgan fingerprint density at radius 3 is 0.789 bits per heavy atom. The van der Waals surface area contributed by atoms with E-state index in [1.54, 1.807) is 0 Å². The molecule has 0 saturated heterocycles. The minimum atomic E-state index is 0.967. The van der Waals surface area contributed by atoms with Gasteiger partial charge in [-0.2, -0.15) is 0 Å². The monoisotopic (exact) mass is 1150 g/mol. The van der Waals surface area contributed by atoms with Crippen LogP contribution in [0, 0.1) is 0 Å². The van der Waals surface area contributed by atoms with E-state index in [1.165, 1.54) is 43.4 Å². The van der Waals surface area contributed by atoms with Crippen molar-refractivity contribution in [3.8, 4) is 89.0 Å². The van der Waals surface area contributed by atoms with E-state index in [4.69, 9.17) is 9.97 Å². The van der Waals surface area contributed by atoms with Crippen LogP contribution < -0.4 is 9.80 Å². The SMILES string of the molecule is c1ccc(-c2cc(-c3ccccc3)c(N(c3ccc(-c4ccc5ccc6c(-c7ccc(N(c8cccnc8)c8c(-c9ccccc9)cc(-c9ccccc9)cc8-c8ccccc8)cc7)ccc7ccc4c5c76)cc3)c3cccnc3)c(-c3ccccc3)c2)cc1. The maximum Gasteiger partial charge on any atom is 0.0645 e. The van der Waals surface area contributed by atoms with Crippen molar-refractivity contribution < 1.29 is 0 Å². The molecular weight excluding hydrogens is 1090 g/mol. The Morgan fingerprint density at radius 1 is 0.200 bits per heavy atom. The van der Waals surface area contributed by atoms with Gasteiger partial charge in [-0.05, 0) is 172 Å². The molecule has 0 unspecified atom stereocenters. The number of benzene rings is 14. The van der Waals surface area contributed by atoms with Gasteiger partial charge in [0.1, 0.15) is 0 Å². The summed E-state index contributed by atoms with van der Waals surface area (Å²) in [4.78, 5) is 14.2. The molecule has 0 N–H and O–H groups in total. The van der Waals surface area contributed by atoms with Crippen molar-refractivity contribution >= 4 is 66.4 Å². The molecule has 0 aliphatic heterocycles. The van der Waals surface area contributed by atoms with E-state index >= 15 is 0 Å². The number of nitrogens with zero attached hydrogens (tertiary/aromatic N) is 4. The molecule has 90 heavy (non-hydrogen) atoms. The van der Waals surface area contributed by atoms with Crippen molar-refractivity contribution in [3.05, 3.63) is 352 Å². The molecule has 14 aromatic carbocycles. The number of hydrogen-bond donors (Lipinski definition) is 0. The van der Waals surface area contributed by atoms with Crippen LogP contribution in [0.5, 0.6) is 0 Å². The Morgan fingerprint density at radius 2 is 0.489 bits per heavy atom. The molecule has 2 heterocycles. The maximum atomic E-state index is 4.71. The predicted octanol–water partition coefficient (Wildman–Crippen LogP) is 23.6. The first-order valence-corrected chi connectivity index (χ1v) is 30.7. The van der Waals surface area contributed by atoms with Gasteiger partial charge in [-0.25, -0.2) is 0 Å². The van der Waals surface area contributed by atoms with Gasteiger partial charge in [-0.15, -0.1) is 0 Å². The zero-order valence-electron chi connectivity index (χ0n) is 49.3. The average molecular weight is 1150 g/mol. The molecular formula is C86H58N4. The second-order valence-electron chi connectivity index (χ2n) is 22.9. The summed E-state index contributed by atoms with van der Waals surface area (Å²) in [5.74, 6) is 0. The summed E-state index contributed by atoms with van der Waals surface area (Å²) >= 11 is 0. The third kappa shape index (κ3) is 9.89. The fourth-order valence-corrected chi connectivity index (χ4v) is 13.4. The van der Waals surface area contributed by atoms with Crippen LogP contribution in [0.3, 0.4) is 0 Å². The molecule has 0 saturated carbocycles. The third-order valence-electron chi connectivity index (χ3n) is 17.6. The summed E-state index contributed by atoms with van der Waals surface area (Å²) in [5, 5.41) is 7.41. The molecule has 0 bridgehead atoms. The van der Waals surface area contributed by atoms with Gasteiger partial charge in [0.25, 0.3) is 0 Å². The van der Waals surface area contributed by atoms with Gasteiger partial charge < -0.3 is 9.80 Å². The zero-order valence-corrected chi connectivity index (χ0v) is 49.3. The Hall–Kier alpha value is -12.0. The van der Waals surface area contributed by atoms with E-state index in [2.05, 4.69) is 325 Å². The van der Waals surface area contributed by atoms with Gasteiger partial charge in [0.05, 0.1) is 35.1 Å². The van der Waals surface area contributed by atoms with Crippen LogP contribution in [-0.2, 0) is 0 Å². The number of anilines is 6. The maximum absolute atomic E-state index is 4.71. The average Bonchev–Trinajstić information content (AvgIpc) is 0.789. The molecule has 0 spiro atoms. The van der Waals surface area contributed by atoms with Gasteiger partial charge in [0, 0.05) is 46.0 Å². The third-order valence-corrected chi connectivity index (χ3v) is 17.6. The van der Waals surface area contributed by atoms with Crippen molar-refractivity contribution in [1.82, 2.24) is 9.97 Å². The van der Waals surface area contributed by atoms with Crippen LogP contribution in [0.15, 0.2) is 352 Å². The molecule has 0 amide bonds. The molecule has 16 aromatic rings. The lowest BCUT2D eigenvalue weighted by Crippen LogP contribution is -2.13. The van der Waals surface area contributed by atoms with Crippen molar-refractivity contribution in [2.24, 2.45) is 0 Å². The van der Waals surface area contributed by atoms with Crippen LogP contribution in [-0.4, -0.2) is 9.97 Å². The van der Waals surface area contributed by atoms with Crippen LogP contribution >= 0.6 is 0 Å². The molecule has 422 valence electrons. The van der Waals surface area contributed by atoms with Gasteiger partial charge >= 0.3 is 0 Å². The van der Waals surface area contributed by atoms with E-state index in [0.717, 1.165) is 112 Å². The number of pyridine rings is 2. The standard InChI is InChI=1S/C86H58N4/c1-7-21-59(22-8-1)69-53-79(61-25-11-3-12-26-61)85(80(54-69)62-27-13-4-14-28-62)89(73-33-19-51-87-57-73)71-43-35-65(36-44-71)75-47-39-67-42-50-78-76(48-40-68-41-49-77(75)83(67)84(68)78)66-37-45-72(46-38-66)90(74-34-20-52-88-58-74)86-81(63-29-15-5-16-30-63)55-70(60-23-9-2-10-24-60)56-82(86)64-31-17-6-18-32-64/h1-58H. The summed E-state index contributed by atoms with van der Waals surface area (Å²) in [7, 11) is 0. The Balaban J connectivity index is 0.809. The first kappa shape index (κ1) is 53.5. The van der Waals surface area contributed by atoms with E-state index in [9.17, 15) is 0 Å². The van der Waals surface area contributed by atoms with Crippen LogP contribution in [0.25, 0.3) is 121 Å². The largest absolute Gasteiger partial charge is 0.308 e. The van der Waals surface area contributed by atoms with Crippen LogP contribution in [0.4, 0.5) is 34.1 Å². The van der Waals surface area contributed by atoms with Crippen molar-refractivity contribution in [2.45, 2.75) is 0 Å². The molecule has 0 atom stereocenters. The highest BCUT2D eigenvalue weighted by Gasteiger charge is 2.27. The van der Waals surface area contributed by atoms with Crippen molar-refractivity contribution in [1.29, 1.82) is 0 Å². The Kier molecular flexibility index (Phi) is 13.9. The van der Waals surface area contributed by atoms with Crippen LogP contribution in [0.1, 0.15) is 0 Å². The van der Waals surface area contributed by atoms with E-state index in [0.29, 0.717) is 0 Å². The molecule has 16 rings (SSSR count). The highest BCUT2D eigenvalue weighted by molar-refractivity contribution is 6.27. The first-order valence-electron chi connectivity index (χ1n) is 30.7. The summed E-state index contributed by atoms with van der Waals surface area (Å²) in [6, 6.07) is 119. The highest BCUT2D eigenvalue weighted by atomic mass is 15.2. The van der Waals surface area contributed by atoms with E-state index in [-0.39, 0.29) is 0 Å². The zero-order chi connectivity index (χ0) is 59.7. The number of rotatable bonds is 14. The fraction of sp³-hybridized carbons (Fsp3) is 0. The first-order chi connectivity index (χ1) is 44.7. The minimum Gasteiger partial charge on any atom is -0.308 e. The molecule has 4 nitrogen and oxygen atoms in total. The second-order valence-corrected chi connectivity index (χ2v) is 22.9. The quantitative estimate of drug-likeness (QED) is 0.102. The Labute approximate surface area is 524 Å². The Bertz CT molecular complexity index is 4710.